The predicted octanol–water partition coefficient (Wildman–Crippen LogP) is 0.0606. The van der Waals surface area contributed by atoms with E-state index in [-0.39, 0.29) is 6.10 Å². The van der Waals surface area contributed by atoms with Crippen molar-refractivity contribution < 1.29 is 13.2 Å². The summed E-state index contributed by atoms with van der Waals surface area (Å²) in [5.41, 5.74) is 5.61. The highest BCUT2D eigenvalue weighted by Crippen LogP contribution is 2.18. The minimum Gasteiger partial charge on any atom is -0.377 e. The van der Waals surface area contributed by atoms with Crippen LogP contribution in [0.15, 0.2) is 0 Å². The Morgan fingerprint density at radius 3 is 2.53 bits per heavy atom. The van der Waals surface area contributed by atoms with E-state index in [4.69, 9.17) is 10.5 Å². The van der Waals surface area contributed by atoms with Gasteiger partial charge in [0.25, 0.3) is 10.2 Å². The maximum atomic E-state index is 12.2. The first-order valence-electron chi connectivity index (χ1n) is 7.18. The van der Waals surface area contributed by atoms with E-state index < -0.39 is 10.2 Å². The van der Waals surface area contributed by atoms with Crippen LogP contribution in [0, 0.1) is 5.92 Å². The summed E-state index contributed by atoms with van der Waals surface area (Å²) in [6.45, 7) is 2.93. The maximum Gasteiger partial charge on any atom is 0.279 e. The van der Waals surface area contributed by atoms with Crippen LogP contribution < -0.4 is 10.5 Å². The van der Waals surface area contributed by atoms with Gasteiger partial charge in [0.05, 0.1) is 6.10 Å². The van der Waals surface area contributed by atoms with Crippen molar-refractivity contribution in [3.63, 3.8) is 0 Å². The molecule has 0 spiro atoms. The largest absolute Gasteiger partial charge is 0.377 e. The normalized spacial score (nSPS) is 27.5. The van der Waals surface area contributed by atoms with Gasteiger partial charge in [0.15, 0.2) is 0 Å². The first kappa shape index (κ1) is 15.2. The fourth-order valence-electron chi connectivity index (χ4n) is 2.64. The van der Waals surface area contributed by atoms with E-state index in [0.29, 0.717) is 32.1 Å². The molecule has 0 saturated carbocycles. The van der Waals surface area contributed by atoms with Gasteiger partial charge in [-0.25, -0.2) is 0 Å². The third kappa shape index (κ3) is 4.39. The highest BCUT2D eigenvalue weighted by atomic mass is 32.2. The van der Waals surface area contributed by atoms with E-state index in [0.717, 1.165) is 38.7 Å². The highest BCUT2D eigenvalue weighted by molar-refractivity contribution is 7.87. The SMILES string of the molecule is NCC1CCN(S(=O)(=O)NCC2CCCCO2)CC1. The van der Waals surface area contributed by atoms with Gasteiger partial charge in [0.2, 0.25) is 0 Å². The van der Waals surface area contributed by atoms with Crippen molar-refractivity contribution in [3.05, 3.63) is 0 Å². The van der Waals surface area contributed by atoms with Crippen LogP contribution in [0.25, 0.3) is 0 Å². The molecule has 1 unspecified atom stereocenters. The summed E-state index contributed by atoms with van der Waals surface area (Å²) in [7, 11) is -3.35. The van der Waals surface area contributed by atoms with E-state index in [1.54, 1.807) is 0 Å². The topological polar surface area (TPSA) is 84.7 Å². The molecule has 2 aliphatic heterocycles. The van der Waals surface area contributed by atoms with Crippen molar-refractivity contribution in [2.24, 2.45) is 11.7 Å². The summed E-state index contributed by atoms with van der Waals surface area (Å²) in [5, 5.41) is 0. The van der Waals surface area contributed by atoms with Crippen LogP contribution in [-0.2, 0) is 14.9 Å². The third-order valence-corrected chi connectivity index (χ3v) is 5.59. The van der Waals surface area contributed by atoms with Gasteiger partial charge in [-0.2, -0.15) is 17.4 Å². The number of hydrogen-bond acceptors (Lipinski definition) is 4. The lowest BCUT2D eigenvalue weighted by atomic mass is 9.99. The molecule has 0 aromatic carbocycles. The van der Waals surface area contributed by atoms with Crippen molar-refractivity contribution in [1.82, 2.24) is 9.03 Å². The van der Waals surface area contributed by atoms with Crippen molar-refractivity contribution in [2.75, 3.05) is 32.8 Å². The van der Waals surface area contributed by atoms with Crippen LogP contribution in [0.5, 0.6) is 0 Å². The molecule has 112 valence electrons. The molecule has 2 fully saturated rings. The zero-order chi connectivity index (χ0) is 13.7. The van der Waals surface area contributed by atoms with Crippen molar-refractivity contribution >= 4 is 10.2 Å². The number of piperidine rings is 1. The number of nitrogens with two attached hydrogens (primary N) is 1. The summed E-state index contributed by atoms with van der Waals surface area (Å²) in [4.78, 5) is 0. The lowest BCUT2D eigenvalue weighted by Gasteiger charge is -2.31. The lowest BCUT2D eigenvalue weighted by Crippen LogP contribution is -2.48. The van der Waals surface area contributed by atoms with E-state index >= 15 is 0 Å². The molecule has 0 aliphatic carbocycles. The summed E-state index contributed by atoms with van der Waals surface area (Å²) in [5.74, 6) is 0.466. The summed E-state index contributed by atoms with van der Waals surface area (Å²) in [6, 6.07) is 0. The minimum absolute atomic E-state index is 0.0325. The molecule has 2 aliphatic rings. The smallest absolute Gasteiger partial charge is 0.279 e. The molecule has 3 N–H and O–H groups in total. The number of hydrogen-bond donors (Lipinski definition) is 2. The van der Waals surface area contributed by atoms with Gasteiger partial charge in [-0.05, 0) is 44.6 Å². The summed E-state index contributed by atoms with van der Waals surface area (Å²) >= 11 is 0. The monoisotopic (exact) mass is 291 g/mol. The molecule has 0 radical (unpaired) electrons. The Hall–Kier alpha value is -0.210. The minimum atomic E-state index is -3.35. The average molecular weight is 291 g/mol. The zero-order valence-corrected chi connectivity index (χ0v) is 12.2. The molecule has 2 rings (SSSR count). The van der Waals surface area contributed by atoms with Crippen molar-refractivity contribution in [1.29, 1.82) is 0 Å². The maximum absolute atomic E-state index is 12.2. The highest BCUT2D eigenvalue weighted by Gasteiger charge is 2.28. The van der Waals surface area contributed by atoms with E-state index in [2.05, 4.69) is 4.72 Å². The zero-order valence-electron chi connectivity index (χ0n) is 11.4. The summed E-state index contributed by atoms with van der Waals surface area (Å²) in [6.07, 6.45) is 4.89. The second kappa shape index (κ2) is 6.99. The van der Waals surface area contributed by atoms with Crippen LogP contribution >= 0.6 is 0 Å². The van der Waals surface area contributed by atoms with Crippen LogP contribution in [0.2, 0.25) is 0 Å². The quantitative estimate of drug-likeness (QED) is 0.750. The molecular weight excluding hydrogens is 266 g/mol. The van der Waals surface area contributed by atoms with Crippen molar-refractivity contribution in [2.45, 2.75) is 38.2 Å². The standard InChI is InChI=1S/C12H25N3O3S/c13-9-11-4-6-15(7-5-11)19(16,17)14-10-12-3-1-2-8-18-12/h11-12,14H,1-10,13H2. The lowest BCUT2D eigenvalue weighted by molar-refractivity contribution is 0.0197. The number of nitrogens with zero attached hydrogens (tertiary/aromatic N) is 1. The Morgan fingerprint density at radius 1 is 1.21 bits per heavy atom. The van der Waals surface area contributed by atoms with Gasteiger partial charge in [0.1, 0.15) is 0 Å². The van der Waals surface area contributed by atoms with E-state index in [9.17, 15) is 8.42 Å². The van der Waals surface area contributed by atoms with Crippen LogP contribution in [0.1, 0.15) is 32.1 Å². The van der Waals surface area contributed by atoms with Crippen LogP contribution in [0.4, 0.5) is 0 Å². The molecule has 1 atom stereocenters. The van der Waals surface area contributed by atoms with Crippen molar-refractivity contribution in [3.8, 4) is 0 Å². The Bertz CT molecular complexity index is 360. The molecule has 0 aromatic heterocycles. The average Bonchev–Trinajstić information content (AvgIpc) is 2.46. The number of nitrogens with one attached hydrogen (secondary N) is 1. The van der Waals surface area contributed by atoms with Crippen LogP contribution in [0.3, 0.4) is 0 Å². The van der Waals surface area contributed by atoms with Gasteiger partial charge in [-0.1, -0.05) is 0 Å². The second-order valence-corrected chi connectivity index (χ2v) is 7.18. The first-order chi connectivity index (χ1) is 9.12. The first-order valence-corrected chi connectivity index (χ1v) is 8.62. The predicted molar refractivity (Wildman–Crippen MR) is 73.9 cm³/mol. The molecule has 6 nitrogen and oxygen atoms in total. The Labute approximate surface area is 115 Å². The van der Waals surface area contributed by atoms with E-state index in [1.165, 1.54) is 4.31 Å². The van der Waals surface area contributed by atoms with Crippen LogP contribution in [-0.4, -0.2) is 51.6 Å². The molecule has 0 aromatic rings. The molecule has 19 heavy (non-hydrogen) atoms. The van der Waals surface area contributed by atoms with Gasteiger partial charge >= 0.3 is 0 Å². The van der Waals surface area contributed by atoms with Gasteiger partial charge < -0.3 is 10.5 Å². The number of ether oxygens (including phenoxy) is 1. The molecule has 0 bridgehead atoms. The van der Waals surface area contributed by atoms with E-state index in [1.807, 2.05) is 0 Å². The Kier molecular flexibility index (Phi) is 5.58. The Morgan fingerprint density at radius 2 is 1.95 bits per heavy atom. The fraction of sp³-hybridized carbons (Fsp3) is 1.00. The molecular formula is C12H25N3O3S. The molecule has 0 amide bonds. The van der Waals surface area contributed by atoms with Gasteiger partial charge in [0, 0.05) is 26.2 Å². The van der Waals surface area contributed by atoms with Gasteiger partial charge in [-0.3, -0.25) is 0 Å². The molecule has 2 saturated heterocycles. The fourth-order valence-corrected chi connectivity index (χ4v) is 3.91. The second-order valence-electron chi connectivity index (χ2n) is 5.42. The Balaban J connectivity index is 1.78. The third-order valence-electron chi connectivity index (χ3n) is 4.01. The number of rotatable bonds is 5. The molecule has 2 heterocycles. The summed E-state index contributed by atoms with van der Waals surface area (Å²) < 4.78 is 34.0. The molecule has 7 heteroatoms. The van der Waals surface area contributed by atoms with Gasteiger partial charge in [-0.15, -0.1) is 0 Å².